The van der Waals surface area contributed by atoms with Gasteiger partial charge in [-0.05, 0) is 55.2 Å². The number of allylic oxidation sites excluding steroid dienone is 2. The SMILES string of the molecule is COc1ccc2c(c1)[C@](CC=C(C)C)(CNC(=O)OCc1ccccc1)C(=O)N2Cc1ccccc1. The second-order valence-corrected chi connectivity index (χ2v) is 9.24. The molecule has 1 atom stereocenters. The summed E-state index contributed by atoms with van der Waals surface area (Å²) in [5.74, 6) is 0.604. The fraction of sp³-hybridized carbons (Fsp3) is 0.267. The lowest BCUT2D eigenvalue weighted by molar-refractivity contribution is -0.123. The predicted octanol–water partition coefficient (Wildman–Crippen LogP) is 5.76. The van der Waals surface area contributed by atoms with Gasteiger partial charge in [-0.15, -0.1) is 0 Å². The summed E-state index contributed by atoms with van der Waals surface area (Å²) in [5.41, 5.74) is 3.70. The average molecular weight is 485 g/mol. The van der Waals surface area contributed by atoms with E-state index in [1.54, 1.807) is 12.0 Å². The molecule has 0 saturated carbocycles. The first-order chi connectivity index (χ1) is 17.4. The number of nitrogens with zero attached hydrogens (tertiary/aromatic N) is 1. The maximum Gasteiger partial charge on any atom is 0.407 e. The van der Waals surface area contributed by atoms with Crippen LogP contribution in [0.2, 0.25) is 0 Å². The number of fused-ring (bicyclic) bond motifs is 1. The Morgan fingerprint density at radius 3 is 2.28 bits per heavy atom. The van der Waals surface area contributed by atoms with E-state index in [0.717, 1.165) is 28.0 Å². The van der Waals surface area contributed by atoms with Gasteiger partial charge in [-0.1, -0.05) is 72.3 Å². The van der Waals surface area contributed by atoms with Crippen LogP contribution in [0.4, 0.5) is 10.5 Å². The summed E-state index contributed by atoms with van der Waals surface area (Å²) in [5, 5.41) is 2.87. The quantitative estimate of drug-likeness (QED) is 0.392. The van der Waals surface area contributed by atoms with Crippen LogP contribution in [0.1, 0.15) is 37.0 Å². The molecule has 6 nitrogen and oxygen atoms in total. The van der Waals surface area contributed by atoms with Crippen molar-refractivity contribution in [2.24, 2.45) is 0 Å². The van der Waals surface area contributed by atoms with Crippen LogP contribution >= 0.6 is 0 Å². The van der Waals surface area contributed by atoms with Crippen molar-refractivity contribution >= 4 is 17.7 Å². The van der Waals surface area contributed by atoms with Gasteiger partial charge in [0.2, 0.25) is 5.91 Å². The molecule has 186 valence electrons. The van der Waals surface area contributed by atoms with Gasteiger partial charge in [-0.3, -0.25) is 4.79 Å². The van der Waals surface area contributed by atoms with Crippen LogP contribution in [0.5, 0.6) is 5.75 Å². The van der Waals surface area contributed by atoms with E-state index < -0.39 is 11.5 Å². The Kier molecular flexibility index (Phi) is 7.74. The normalized spacial score (nSPS) is 16.3. The first-order valence-electron chi connectivity index (χ1n) is 12.1. The van der Waals surface area contributed by atoms with Crippen molar-refractivity contribution in [1.82, 2.24) is 5.32 Å². The lowest BCUT2D eigenvalue weighted by Crippen LogP contribution is -2.48. The van der Waals surface area contributed by atoms with Crippen LogP contribution in [0.3, 0.4) is 0 Å². The number of alkyl carbamates (subject to hydrolysis) is 1. The number of amides is 2. The number of rotatable bonds is 9. The molecule has 4 rings (SSSR count). The number of carbonyl (C=O) groups is 2. The van der Waals surface area contributed by atoms with Crippen molar-refractivity contribution in [2.45, 2.75) is 38.8 Å². The lowest BCUT2D eigenvalue weighted by Gasteiger charge is -2.28. The van der Waals surface area contributed by atoms with Crippen LogP contribution in [-0.2, 0) is 28.1 Å². The van der Waals surface area contributed by atoms with Crippen molar-refractivity contribution in [1.29, 1.82) is 0 Å². The van der Waals surface area contributed by atoms with E-state index in [4.69, 9.17) is 9.47 Å². The van der Waals surface area contributed by atoms with Crippen LogP contribution in [0.25, 0.3) is 0 Å². The van der Waals surface area contributed by atoms with Crippen molar-refractivity contribution in [3.63, 3.8) is 0 Å². The molecule has 0 fully saturated rings. The standard InChI is InChI=1S/C30H32N2O4/c1-22(2)16-17-30(21-31-29(34)36-20-24-12-8-5-9-13-24)26-18-25(35-3)14-15-27(26)32(28(30)33)19-23-10-6-4-7-11-23/h4-16,18H,17,19-21H2,1-3H3,(H,31,34)/t30-/m0/s1. The van der Waals surface area contributed by atoms with Gasteiger partial charge in [0, 0.05) is 12.2 Å². The summed E-state index contributed by atoms with van der Waals surface area (Å²) in [6.07, 6.45) is 1.93. The third-order valence-corrected chi connectivity index (χ3v) is 6.45. The highest BCUT2D eigenvalue weighted by atomic mass is 16.5. The zero-order valence-corrected chi connectivity index (χ0v) is 21.0. The molecule has 1 aliphatic heterocycles. The Labute approximate surface area is 212 Å². The van der Waals surface area contributed by atoms with E-state index >= 15 is 0 Å². The predicted molar refractivity (Wildman–Crippen MR) is 141 cm³/mol. The Hall–Kier alpha value is -4.06. The van der Waals surface area contributed by atoms with E-state index in [0.29, 0.717) is 18.7 Å². The molecule has 0 unspecified atom stereocenters. The molecule has 1 N–H and O–H groups in total. The highest BCUT2D eigenvalue weighted by molar-refractivity contribution is 6.08. The number of methoxy groups -OCH3 is 1. The molecule has 0 bridgehead atoms. The first kappa shape index (κ1) is 25.0. The Morgan fingerprint density at radius 2 is 1.64 bits per heavy atom. The van der Waals surface area contributed by atoms with Gasteiger partial charge >= 0.3 is 6.09 Å². The third kappa shape index (κ3) is 5.43. The average Bonchev–Trinajstić information content (AvgIpc) is 3.13. The molecule has 0 radical (unpaired) electrons. The van der Waals surface area contributed by atoms with Gasteiger partial charge in [-0.25, -0.2) is 4.79 Å². The molecule has 3 aromatic carbocycles. The number of benzene rings is 3. The fourth-order valence-corrected chi connectivity index (χ4v) is 4.48. The van der Waals surface area contributed by atoms with Gasteiger partial charge in [0.05, 0.1) is 19.1 Å². The molecule has 0 aromatic heterocycles. The minimum Gasteiger partial charge on any atom is -0.497 e. The number of hydrogen-bond acceptors (Lipinski definition) is 4. The topological polar surface area (TPSA) is 67.9 Å². The smallest absolute Gasteiger partial charge is 0.407 e. The summed E-state index contributed by atoms with van der Waals surface area (Å²) in [6.45, 7) is 4.71. The molecule has 0 spiro atoms. The number of hydrogen-bond donors (Lipinski definition) is 1. The van der Waals surface area contributed by atoms with Gasteiger partial charge in [0.1, 0.15) is 12.4 Å². The van der Waals surface area contributed by atoms with E-state index in [1.807, 2.05) is 98.8 Å². The molecule has 0 aliphatic carbocycles. The molecule has 1 aliphatic rings. The number of ether oxygens (including phenoxy) is 2. The van der Waals surface area contributed by atoms with Crippen LogP contribution in [0.15, 0.2) is 90.5 Å². The third-order valence-electron chi connectivity index (χ3n) is 6.45. The maximum absolute atomic E-state index is 14.2. The van der Waals surface area contributed by atoms with Gasteiger partial charge in [0.25, 0.3) is 0 Å². The summed E-state index contributed by atoms with van der Waals surface area (Å²) in [4.78, 5) is 28.6. The molecule has 36 heavy (non-hydrogen) atoms. The first-order valence-corrected chi connectivity index (χ1v) is 12.1. The number of anilines is 1. The molecular weight excluding hydrogens is 452 g/mol. The zero-order valence-electron chi connectivity index (χ0n) is 21.0. The second-order valence-electron chi connectivity index (χ2n) is 9.24. The van der Waals surface area contributed by atoms with E-state index in [1.165, 1.54) is 0 Å². The van der Waals surface area contributed by atoms with Crippen LogP contribution in [0, 0.1) is 0 Å². The zero-order chi connectivity index (χ0) is 25.5. The summed E-state index contributed by atoms with van der Waals surface area (Å²) < 4.78 is 10.9. The molecule has 1 heterocycles. The van der Waals surface area contributed by atoms with Gasteiger partial charge in [-0.2, -0.15) is 0 Å². The molecule has 2 amide bonds. The summed E-state index contributed by atoms with van der Waals surface area (Å²) >= 11 is 0. The minimum absolute atomic E-state index is 0.0598. The van der Waals surface area contributed by atoms with Crippen molar-refractivity contribution in [3.8, 4) is 5.75 Å². The molecular formula is C30H32N2O4. The van der Waals surface area contributed by atoms with E-state index in [2.05, 4.69) is 5.32 Å². The summed E-state index contributed by atoms with van der Waals surface area (Å²) in [7, 11) is 1.61. The number of nitrogens with one attached hydrogen (secondary N) is 1. The maximum atomic E-state index is 14.2. The fourth-order valence-electron chi connectivity index (χ4n) is 4.48. The Bertz CT molecular complexity index is 1240. The monoisotopic (exact) mass is 484 g/mol. The highest BCUT2D eigenvalue weighted by Gasteiger charge is 2.50. The largest absolute Gasteiger partial charge is 0.497 e. The van der Waals surface area contributed by atoms with Crippen molar-refractivity contribution < 1.29 is 19.1 Å². The van der Waals surface area contributed by atoms with E-state index in [9.17, 15) is 9.59 Å². The number of carbonyl (C=O) groups excluding carboxylic acids is 2. The second kappa shape index (κ2) is 11.1. The minimum atomic E-state index is -0.984. The van der Waals surface area contributed by atoms with Gasteiger partial charge < -0.3 is 19.7 Å². The van der Waals surface area contributed by atoms with E-state index in [-0.39, 0.29) is 19.1 Å². The van der Waals surface area contributed by atoms with Gasteiger partial charge in [0.15, 0.2) is 0 Å². The van der Waals surface area contributed by atoms with Crippen molar-refractivity contribution in [3.05, 3.63) is 107 Å². The van der Waals surface area contributed by atoms with Crippen LogP contribution in [-0.4, -0.2) is 25.7 Å². The molecule has 6 heteroatoms. The highest BCUT2D eigenvalue weighted by Crippen LogP contribution is 2.46. The Balaban J connectivity index is 1.64. The summed E-state index contributed by atoms with van der Waals surface area (Å²) in [6, 6.07) is 25.1. The molecule has 0 saturated heterocycles. The molecule has 3 aromatic rings. The van der Waals surface area contributed by atoms with Crippen molar-refractivity contribution in [2.75, 3.05) is 18.6 Å². The Morgan fingerprint density at radius 1 is 0.972 bits per heavy atom. The lowest BCUT2D eigenvalue weighted by atomic mass is 9.78. The van der Waals surface area contributed by atoms with Crippen LogP contribution < -0.4 is 15.0 Å².